The lowest BCUT2D eigenvalue weighted by molar-refractivity contribution is -0.146. The molecule has 0 aliphatic heterocycles. The van der Waals surface area contributed by atoms with Crippen LogP contribution in [0.3, 0.4) is 0 Å². The van der Waals surface area contributed by atoms with Crippen molar-refractivity contribution in [3.63, 3.8) is 0 Å². The second-order valence-electron chi connectivity index (χ2n) is 5.01. The van der Waals surface area contributed by atoms with Crippen LogP contribution in [0.2, 0.25) is 0 Å². The van der Waals surface area contributed by atoms with Crippen LogP contribution < -0.4 is 5.32 Å². The summed E-state index contributed by atoms with van der Waals surface area (Å²) in [7, 11) is 0. The van der Waals surface area contributed by atoms with Gasteiger partial charge in [-0.15, -0.1) is 0 Å². The number of hydrogen-bond donors (Lipinski definition) is 1. The van der Waals surface area contributed by atoms with Gasteiger partial charge in [0, 0.05) is 5.69 Å². The van der Waals surface area contributed by atoms with Gasteiger partial charge in [-0.05, 0) is 29.3 Å². The largest absolute Gasteiger partial charge is 0.455 e. The molecule has 0 bridgehead atoms. The van der Waals surface area contributed by atoms with Gasteiger partial charge in [-0.3, -0.25) is 9.59 Å². The number of benzene rings is 2. The molecule has 0 aliphatic carbocycles. The average Bonchev–Trinajstić information content (AvgIpc) is 2.57. The van der Waals surface area contributed by atoms with E-state index in [4.69, 9.17) is 10.00 Å². The molecule has 0 atom stereocenters. The molecule has 5 nitrogen and oxygen atoms in total. The molecule has 6 heteroatoms. The van der Waals surface area contributed by atoms with Crippen molar-refractivity contribution in [2.45, 2.75) is 12.8 Å². The SMILES string of the molecule is N#CCc1ccc(NC(=O)COC(=O)Cc2ccccc2F)cc1. The first kappa shape index (κ1) is 17.2. The molecular formula is C18H15FN2O3. The quantitative estimate of drug-likeness (QED) is 0.828. The van der Waals surface area contributed by atoms with Crippen LogP contribution in [-0.2, 0) is 27.2 Å². The molecule has 0 heterocycles. The smallest absolute Gasteiger partial charge is 0.310 e. The maximum atomic E-state index is 13.4. The molecule has 1 N–H and O–H groups in total. The van der Waals surface area contributed by atoms with E-state index in [-0.39, 0.29) is 12.0 Å². The molecule has 2 aromatic carbocycles. The number of carbonyl (C=O) groups excluding carboxylic acids is 2. The third-order valence-corrected chi connectivity index (χ3v) is 3.18. The summed E-state index contributed by atoms with van der Waals surface area (Å²) in [6.07, 6.45) is 0.0602. The van der Waals surface area contributed by atoms with Gasteiger partial charge >= 0.3 is 5.97 Å². The normalized spacial score (nSPS) is 9.83. The molecule has 2 rings (SSSR count). The van der Waals surface area contributed by atoms with Crippen LogP contribution in [0.4, 0.5) is 10.1 Å². The standard InChI is InChI=1S/C18H15FN2O3/c19-16-4-2-1-3-14(16)11-18(23)24-12-17(22)21-15-7-5-13(6-8-15)9-10-20/h1-8H,9,11-12H2,(H,21,22). The first-order valence-electron chi connectivity index (χ1n) is 7.23. The maximum absolute atomic E-state index is 13.4. The third-order valence-electron chi connectivity index (χ3n) is 3.18. The molecule has 122 valence electrons. The number of ether oxygens (including phenoxy) is 1. The highest BCUT2D eigenvalue weighted by molar-refractivity contribution is 5.92. The highest BCUT2D eigenvalue weighted by atomic mass is 19.1. The lowest BCUT2D eigenvalue weighted by Gasteiger charge is -2.07. The van der Waals surface area contributed by atoms with E-state index in [9.17, 15) is 14.0 Å². The molecule has 0 saturated heterocycles. The van der Waals surface area contributed by atoms with Gasteiger partial charge in [0.05, 0.1) is 18.9 Å². The molecule has 24 heavy (non-hydrogen) atoms. The Balaban J connectivity index is 1.79. The zero-order valence-corrected chi connectivity index (χ0v) is 12.8. The predicted octanol–water partition coefficient (Wildman–Crippen LogP) is 2.62. The first-order valence-corrected chi connectivity index (χ1v) is 7.23. The van der Waals surface area contributed by atoms with Gasteiger partial charge in [-0.2, -0.15) is 5.26 Å². The fourth-order valence-electron chi connectivity index (χ4n) is 1.99. The number of halogens is 1. The van der Waals surface area contributed by atoms with E-state index in [2.05, 4.69) is 5.32 Å². The average molecular weight is 326 g/mol. The Kier molecular flexibility index (Phi) is 6.03. The Bertz CT molecular complexity index is 767. The number of nitrogens with one attached hydrogen (secondary N) is 1. The van der Waals surface area contributed by atoms with Gasteiger partial charge in [0.1, 0.15) is 5.82 Å². The summed E-state index contributed by atoms with van der Waals surface area (Å²) < 4.78 is 18.3. The topological polar surface area (TPSA) is 79.2 Å². The minimum Gasteiger partial charge on any atom is -0.455 e. The van der Waals surface area contributed by atoms with Crippen molar-refractivity contribution in [2.75, 3.05) is 11.9 Å². The molecule has 0 spiro atoms. The summed E-state index contributed by atoms with van der Waals surface area (Å²) in [6, 6.07) is 14.7. The highest BCUT2D eigenvalue weighted by Gasteiger charge is 2.11. The molecular weight excluding hydrogens is 311 g/mol. The third kappa shape index (κ3) is 5.21. The van der Waals surface area contributed by atoms with Gasteiger partial charge in [0.2, 0.25) is 0 Å². The van der Waals surface area contributed by atoms with Gasteiger partial charge in [-0.25, -0.2) is 4.39 Å². The summed E-state index contributed by atoms with van der Waals surface area (Å²) >= 11 is 0. The number of hydrogen-bond acceptors (Lipinski definition) is 4. The first-order chi connectivity index (χ1) is 11.6. The second kappa shape index (κ2) is 8.44. The van der Waals surface area contributed by atoms with Crippen molar-refractivity contribution in [3.05, 3.63) is 65.5 Å². The number of carbonyl (C=O) groups is 2. The zero-order valence-electron chi connectivity index (χ0n) is 12.8. The fourth-order valence-corrected chi connectivity index (χ4v) is 1.99. The number of nitrogens with zero attached hydrogens (tertiary/aromatic N) is 1. The number of nitriles is 1. The number of amides is 1. The van der Waals surface area contributed by atoms with E-state index < -0.39 is 24.3 Å². The Morgan fingerprint density at radius 1 is 1.12 bits per heavy atom. The fraction of sp³-hybridized carbons (Fsp3) is 0.167. The summed E-state index contributed by atoms with van der Waals surface area (Å²) in [5.74, 6) is -1.67. The summed E-state index contributed by atoms with van der Waals surface area (Å²) in [6.45, 7) is -0.451. The van der Waals surface area contributed by atoms with Gasteiger partial charge in [-0.1, -0.05) is 30.3 Å². The second-order valence-corrected chi connectivity index (χ2v) is 5.01. The number of esters is 1. The molecule has 2 aromatic rings. The van der Waals surface area contributed by atoms with Crippen LogP contribution in [0, 0.1) is 17.1 Å². The maximum Gasteiger partial charge on any atom is 0.310 e. The van der Waals surface area contributed by atoms with Gasteiger partial charge in [0.25, 0.3) is 5.91 Å². The van der Waals surface area contributed by atoms with Crippen molar-refractivity contribution >= 4 is 17.6 Å². The zero-order chi connectivity index (χ0) is 17.4. The lowest BCUT2D eigenvalue weighted by Crippen LogP contribution is -2.21. The van der Waals surface area contributed by atoms with E-state index in [1.165, 1.54) is 18.2 Å². The molecule has 0 unspecified atom stereocenters. The van der Waals surface area contributed by atoms with Crippen LogP contribution in [0.15, 0.2) is 48.5 Å². The van der Waals surface area contributed by atoms with Crippen LogP contribution in [-0.4, -0.2) is 18.5 Å². The molecule has 1 amide bonds. The molecule has 0 aromatic heterocycles. The van der Waals surface area contributed by atoms with Crippen molar-refractivity contribution in [1.29, 1.82) is 5.26 Å². The Morgan fingerprint density at radius 3 is 2.50 bits per heavy atom. The molecule has 0 radical (unpaired) electrons. The van der Waals surface area contributed by atoms with E-state index in [1.807, 2.05) is 6.07 Å². The van der Waals surface area contributed by atoms with Crippen molar-refractivity contribution in [1.82, 2.24) is 0 Å². The number of anilines is 1. The van der Waals surface area contributed by atoms with Crippen molar-refractivity contribution in [3.8, 4) is 6.07 Å². The summed E-state index contributed by atoms with van der Waals surface area (Å²) in [5.41, 5.74) is 1.59. The van der Waals surface area contributed by atoms with E-state index in [0.717, 1.165) is 5.56 Å². The van der Waals surface area contributed by atoms with E-state index in [1.54, 1.807) is 30.3 Å². The number of rotatable bonds is 6. The molecule has 0 aliphatic rings. The minimum atomic E-state index is -0.681. The Hall–Kier alpha value is -3.20. The van der Waals surface area contributed by atoms with Crippen molar-refractivity contribution in [2.24, 2.45) is 0 Å². The van der Waals surface area contributed by atoms with Gasteiger partial charge in [0.15, 0.2) is 6.61 Å². The van der Waals surface area contributed by atoms with E-state index >= 15 is 0 Å². The van der Waals surface area contributed by atoms with Crippen molar-refractivity contribution < 1.29 is 18.7 Å². The van der Waals surface area contributed by atoms with Crippen LogP contribution in [0.1, 0.15) is 11.1 Å². The predicted molar refractivity (Wildman–Crippen MR) is 85.5 cm³/mol. The Morgan fingerprint density at radius 2 is 1.83 bits per heavy atom. The Labute approximate surface area is 138 Å². The van der Waals surface area contributed by atoms with Crippen LogP contribution in [0.25, 0.3) is 0 Å². The highest BCUT2D eigenvalue weighted by Crippen LogP contribution is 2.10. The molecule has 0 saturated carbocycles. The van der Waals surface area contributed by atoms with Crippen LogP contribution in [0.5, 0.6) is 0 Å². The van der Waals surface area contributed by atoms with Gasteiger partial charge < -0.3 is 10.1 Å². The van der Waals surface area contributed by atoms with E-state index in [0.29, 0.717) is 12.1 Å². The summed E-state index contributed by atoms with van der Waals surface area (Å²) in [4.78, 5) is 23.4. The lowest BCUT2D eigenvalue weighted by atomic mass is 10.1. The monoisotopic (exact) mass is 326 g/mol. The summed E-state index contributed by atoms with van der Waals surface area (Å²) in [5, 5.41) is 11.2. The van der Waals surface area contributed by atoms with Crippen LogP contribution >= 0.6 is 0 Å². The molecule has 0 fully saturated rings. The minimum absolute atomic E-state index is 0.219.